The van der Waals surface area contributed by atoms with Crippen molar-refractivity contribution in [3.8, 4) is 28.5 Å². The number of hydrogen-bond donors (Lipinski definition) is 1. The second-order valence-electron chi connectivity index (χ2n) is 5.59. The van der Waals surface area contributed by atoms with E-state index in [4.69, 9.17) is 14.2 Å². The lowest BCUT2D eigenvalue weighted by Gasteiger charge is -2.25. The highest BCUT2D eigenvalue weighted by molar-refractivity contribution is 7.14. The molecule has 4 rings (SSSR count). The number of amides is 1. The molecule has 1 atom stereocenters. The molecule has 1 aliphatic rings. The maximum absolute atomic E-state index is 12.5. The third-order valence-corrected chi connectivity index (χ3v) is 4.68. The van der Waals surface area contributed by atoms with E-state index in [1.54, 1.807) is 13.2 Å². The topological polar surface area (TPSA) is 69.7 Å². The summed E-state index contributed by atoms with van der Waals surface area (Å²) in [6, 6.07) is 14.9. The number of benzene rings is 2. The van der Waals surface area contributed by atoms with Crippen LogP contribution in [0, 0.1) is 0 Å². The van der Waals surface area contributed by atoms with E-state index in [9.17, 15) is 4.79 Å². The van der Waals surface area contributed by atoms with Crippen LogP contribution >= 0.6 is 11.3 Å². The smallest absolute Gasteiger partial charge is 0.270 e. The van der Waals surface area contributed by atoms with Crippen LogP contribution in [0.15, 0.2) is 53.9 Å². The number of nitrogens with zero attached hydrogens (tertiary/aromatic N) is 1. The van der Waals surface area contributed by atoms with Gasteiger partial charge in [0, 0.05) is 10.9 Å². The number of carbonyl (C=O) groups excluding carboxylic acids is 1. The van der Waals surface area contributed by atoms with Crippen molar-refractivity contribution in [2.75, 3.05) is 19.0 Å². The van der Waals surface area contributed by atoms with Gasteiger partial charge < -0.3 is 14.2 Å². The number of methoxy groups -OCH3 is 1. The average Bonchev–Trinajstić information content (AvgIpc) is 3.15. The normalized spacial score (nSPS) is 15.3. The number of fused-ring (bicyclic) bond motifs is 1. The Labute approximate surface area is 154 Å². The van der Waals surface area contributed by atoms with Crippen LogP contribution in [0.1, 0.15) is 0 Å². The highest BCUT2D eigenvalue weighted by Gasteiger charge is 2.28. The van der Waals surface area contributed by atoms with Crippen LogP contribution in [-0.2, 0) is 4.79 Å². The van der Waals surface area contributed by atoms with Gasteiger partial charge in [-0.15, -0.1) is 11.3 Å². The van der Waals surface area contributed by atoms with E-state index in [2.05, 4.69) is 10.3 Å². The van der Waals surface area contributed by atoms with E-state index >= 15 is 0 Å². The van der Waals surface area contributed by atoms with Crippen LogP contribution < -0.4 is 19.5 Å². The van der Waals surface area contributed by atoms with E-state index in [-0.39, 0.29) is 12.5 Å². The Bertz CT molecular complexity index is 941. The molecule has 3 aromatic rings. The molecule has 6 nitrogen and oxygen atoms in total. The minimum absolute atomic E-state index is 0.160. The first-order valence-electron chi connectivity index (χ1n) is 8.03. The number of aromatic nitrogens is 1. The van der Waals surface area contributed by atoms with Crippen LogP contribution in [0.4, 0.5) is 5.13 Å². The van der Waals surface area contributed by atoms with E-state index in [0.29, 0.717) is 16.6 Å². The molecule has 0 saturated heterocycles. The van der Waals surface area contributed by atoms with Crippen LogP contribution in [0.3, 0.4) is 0 Å². The molecule has 0 spiro atoms. The summed E-state index contributed by atoms with van der Waals surface area (Å²) < 4.78 is 16.7. The molecule has 0 radical (unpaired) electrons. The van der Waals surface area contributed by atoms with Gasteiger partial charge in [0.2, 0.25) is 6.10 Å². The maximum atomic E-state index is 12.5. The minimum Gasteiger partial charge on any atom is -0.496 e. The summed E-state index contributed by atoms with van der Waals surface area (Å²) in [5.74, 6) is 1.65. The van der Waals surface area contributed by atoms with Crippen molar-refractivity contribution in [3.05, 3.63) is 53.9 Å². The molecule has 0 aliphatic carbocycles. The number of rotatable bonds is 4. The molecule has 0 bridgehead atoms. The molecule has 132 valence electrons. The molecule has 0 unspecified atom stereocenters. The fourth-order valence-electron chi connectivity index (χ4n) is 2.65. The number of para-hydroxylation sites is 3. The van der Waals surface area contributed by atoms with Crippen molar-refractivity contribution >= 4 is 22.4 Å². The van der Waals surface area contributed by atoms with E-state index in [1.165, 1.54) is 11.3 Å². The number of hydrogen-bond acceptors (Lipinski definition) is 6. The number of ether oxygens (including phenoxy) is 3. The summed E-state index contributed by atoms with van der Waals surface area (Å²) in [4.78, 5) is 17.0. The molecule has 0 fully saturated rings. The first-order valence-corrected chi connectivity index (χ1v) is 8.91. The third kappa shape index (κ3) is 3.21. The fraction of sp³-hybridized carbons (Fsp3) is 0.158. The zero-order chi connectivity index (χ0) is 17.9. The lowest BCUT2D eigenvalue weighted by Crippen LogP contribution is -2.40. The van der Waals surface area contributed by atoms with Crippen LogP contribution in [0.5, 0.6) is 17.2 Å². The second-order valence-corrected chi connectivity index (χ2v) is 6.45. The summed E-state index contributed by atoms with van der Waals surface area (Å²) in [5, 5.41) is 5.17. The Kier molecular flexibility index (Phi) is 4.45. The largest absolute Gasteiger partial charge is 0.496 e. The summed E-state index contributed by atoms with van der Waals surface area (Å²) in [6.45, 7) is 0.160. The monoisotopic (exact) mass is 368 g/mol. The van der Waals surface area contributed by atoms with Gasteiger partial charge in [-0.25, -0.2) is 4.98 Å². The molecule has 2 aromatic carbocycles. The molecule has 1 amide bonds. The van der Waals surface area contributed by atoms with Crippen LogP contribution in [0.25, 0.3) is 11.3 Å². The number of anilines is 1. The molecular formula is C19H16N2O4S. The Hall–Kier alpha value is -3.06. The first kappa shape index (κ1) is 16.4. The zero-order valence-corrected chi connectivity index (χ0v) is 14.8. The van der Waals surface area contributed by atoms with Gasteiger partial charge in [-0.3, -0.25) is 10.1 Å². The van der Waals surface area contributed by atoms with Crippen molar-refractivity contribution in [1.82, 2.24) is 4.98 Å². The standard InChI is InChI=1S/C19H16N2O4S/c1-23-14-7-3-2-6-12(14)13-11-26-19(20-13)21-18(22)17-10-24-15-8-4-5-9-16(15)25-17/h2-9,11,17H,10H2,1H3,(H,20,21,22)/t17-/m0/s1. The van der Waals surface area contributed by atoms with Gasteiger partial charge in [-0.05, 0) is 24.3 Å². The van der Waals surface area contributed by atoms with E-state index < -0.39 is 6.10 Å². The van der Waals surface area contributed by atoms with Crippen molar-refractivity contribution in [2.24, 2.45) is 0 Å². The number of thiazole rings is 1. The second kappa shape index (κ2) is 7.05. The van der Waals surface area contributed by atoms with Gasteiger partial charge in [0.25, 0.3) is 5.91 Å². The zero-order valence-electron chi connectivity index (χ0n) is 14.0. The van der Waals surface area contributed by atoms with Crippen molar-refractivity contribution in [2.45, 2.75) is 6.10 Å². The highest BCUT2D eigenvalue weighted by Crippen LogP contribution is 2.33. The van der Waals surface area contributed by atoms with Gasteiger partial charge in [0.1, 0.15) is 12.4 Å². The Morgan fingerprint density at radius 2 is 1.96 bits per heavy atom. The van der Waals surface area contributed by atoms with Gasteiger partial charge in [-0.2, -0.15) is 0 Å². The van der Waals surface area contributed by atoms with Gasteiger partial charge in [-0.1, -0.05) is 24.3 Å². The molecule has 26 heavy (non-hydrogen) atoms. The molecule has 7 heteroatoms. The van der Waals surface area contributed by atoms with Gasteiger partial charge in [0.05, 0.1) is 12.8 Å². The molecule has 1 N–H and O–H groups in total. The quantitative estimate of drug-likeness (QED) is 0.762. The first-order chi connectivity index (χ1) is 12.7. The molecule has 1 aliphatic heterocycles. The Balaban J connectivity index is 1.47. The van der Waals surface area contributed by atoms with Crippen LogP contribution in [-0.4, -0.2) is 30.7 Å². The van der Waals surface area contributed by atoms with E-state index in [1.807, 2.05) is 47.8 Å². The third-order valence-electron chi connectivity index (χ3n) is 3.92. The van der Waals surface area contributed by atoms with Gasteiger partial charge >= 0.3 is 0 Å². The van der Waals surface area contributed by atoms with Gasteiger partial charge in [0.15, 0.2) is 16.6 Å². The number of carbonyl (C=O) groups is 1. The Morgan fingerprint density at radius 1 is 1.19 bits per heavy atom. The number of nitrogens with one attached hydrogen (secondary N) is 1. The molecule has 1 aromatic heterocycles. The van der Waals surface area contributed by atoms with Crippen LogP contribution in [0.2, 0.25) is 0 Å². The molecule has 0 saturated carbocycles. The van der Waals surface area contributed by atoms with Crippen molar-refractivity contribution in [1.29, 1.82) is 0 Å². The van der Waals surface area contributed by atoms with Crippen molar-refractivity contribution in [3.63, 3.8) is 0 Å². The fourth-order valence-corrected chi connectivity index (χ4v) is 3.36. The van der Waals surface area contributed by atoms with E-state index in [0.717, 1.165) is 17.0 Å². The predicted octanol–water partition coefficient (Wildman–Crippen LogP) is 3.60. The SMILES string of the molecule is COc1ccccc1-c1csc(NC(=O)[C@@H]2COc3ccccc3O2)n1. The maximum Gasteiger partial charge on any atom is 0.270 e. The summed E-state index contributed by atoms with van der Waals surface area (Å²) >= 11 is 1.35. The summed E-state index contributed by atoms with van der Waals surface area (Å²) in [5.41, 5.74) is 1.62. The minimum atomic E-state index is -0.719. The van der Waals surface area contributed by atoms with Crippen molar-refractivity contribution < 1.29 is 19.0 Å². The molecular weight excluding hydrogens is 352 g/mol. The lowest BCUT2D eigenvalue weighted by atomic mass is 10.1. The average molecular weight is 368 g/mol. The highest BCUT2D eigenvalue weighted by atomic mass is 32.1. The molecule has 2 heterocycles. The predicted molar refractivity (Wildman–Crippen MR) is 99.1 cm³/mol. The lowest BCUT2D eigenvalue weighted by molar-refractivity contribution is -0.125. The summed E-state index contributed by atoms with van der Waals surface area (Å²) in [7, 11) is 1.62. The summed E-state index contributed by atoms with van der Waals surface area (Å²) in [6.07, 6.45) is -0.719. The Morgan fingerprint density at radius 3 is 2.81 bits per heavy atom.